The van der Waals surface area contributed by atoms with E-state index in [9.17, 15) is 0 Å². The van der Waals surface area contributed by atoms with Crippen LogP contribution in [-0.2, 0) is 0 Å². The summed E-state index contributed by atoms with van der Waals surface area (Å²) < 4.78 is 5.62. The van der Waals surface area contributed by atoms with Gasteiger partial charge in [0.25, 0.3) is 0 Å². The van der Waals surface area contributed by atoms with Crippen LogP contribution in [-0.4, -0.2) is 18.1 Å². The lowest BCUT2D eigenvalue weighted by Crippen LogP contribution is -2.00. The van der Waals surface area contributed by atoms with Crippen LogP contribution in [0.5, 0.6) is 5.75 Å². The Morgan fingerprint density at radius 2 is 2.24 bits per heavy atom. The van der Waals surface area contributed by atoms with Crippen molar-refractivity contribution in [1.29, 1.82) is 0 Å². The van der Waals surface area contributed by atoms with E-state index in [1.807, 2.05) is 6.07 Å². The fourth-order valence-corrected chi connectivity index (χ4v) is 1.40. The van der Waals surface area contributed by atoms with Gasteiger partial charge in [-0.2, -0.15) is 0 Å². The first-order valence-corrected chi connectivity index (χ1v) is 5.99. The van der Waals surface area contributed by atoms with Crippen LogP contribution in [0, 0.1) is 17.8 Å². The SMILES string of the molecule is CC(C)CCCOc1cncc(C#CCN)c1. The highest BCUT2D eigenvalue weighted by Crippen LogP contribution is 2.12. The smallest absolute Gasteiger partial charge is 0.138 e. The Bertz CT molecular complexity index is 391. The summed E-state index contributed by atoms with van der Waals surface area (Å²) >= 11 is 0. The molecular weight excluding hydrogens is 212 g/mol. The first-order chi connectivity index (χ1) is 8.22. The van der Waals surface area contributed by atoms with Crippen molar-refractivity contribution in [3.63, 3.8) is 0 Å². The molecule has 0 atom stereocenters. The van der Waals surface area contributed by atoms with Gasteiger partial charge in [-0.25, -0.2) is 0 Å². The number of hydrogen-bond donors (Lipinski definition) is 1. The maximum atomic E-state index is 5.62. The van der Waals surface area contributed by atoms with Crippen LogP contribution in [0.3, 0.4) is 0 Å². The maximum absolute atomic E-state index is 5.62. The van der Waals surface area contributed by atoms with E-state index in [1.54, 1.807) is 12.4 Å². The average molecular weight is 232 g/mol. The second-order valence-corrected chi connectivity index (χ2v) is 4.30. The Morgan fingerprint density at radius 1 is 1.41 bits per heavy atom. The van der Waals surface area contributed by atoms with Crippen LogP contribution in [0.4, 0.5) is 0 Å². The molecule has 1 rings (SSSR count). The Morgan fingerprint density at radius 3 is 2.94 bits per heavy atom. The summed E-state index contributed by atoms with van der Waals surface area (Å²) in [5, 5.41) is 0. The largest absolute Gasteiger partial charge is 0.492 e. The summed E-state index contributed by atoms with van der Waals surface area (Å²) in [6.07, 6.45) is 5.67. The van der Waals surface area contributed by atoms with Crippen LogP contribution in [0.25, 0.3) is 0 Å². The molecule has 0 aromatic carbocycles. The third kappa shape index (κ3) is 5.94. The topological polar surface area (TPSA) is 48.1 Å². The van der Waals surface area contributed by atoms with E-state index < -0.39 is 0 Å². The Hall–Kier alpha value is -1.53. The quantitative estimate of drug-likeness (QED) is 0.625. The van der Waals surface area contributed by atoms with E-state index in [1.165, 1.54) is 6.42 Å². The molecule has 0 unspecified atom stereocenters. The fraction of sp³-hybridized carbons (Fsp3) is 0.500. The van der Waals surface area contributed by atoms with E-state index in [2.05, 4.69) is 30.7 Å². The van der Waals surface area contributed by atoms with E-state index in [0.29, 0.717) is 6.54 Å². The third-order valence-electron chi connectivity index (χ3n) is 2.24. The van der Waals surface area contributed by atoms with Crippen molar-refractivity contribution >= 4 is 0 Å². The highest BCUT2D eigenvalue weighted by Gasteiger charge is 1.97. The van der Waals surface area contributed by atoms with Gasteiger partial charge in [0.15, 0.2) is 0 Å². The zero-order valence-corrected chi connectivity index (χ0v) is 10.6. The van der Waals surface area contributed by atoms with Crippen molar-refractivity contribution in [2.75, 3.05) is 13.2 Å². The lowest BCUT2D eigenvalue weighted by atomic mass is 10.1. The first kappa shape index (κ1) is 13.5. The molecule has 1 aromatic heterocycles. The molecule has 3 nitrogen and oxygen atoms in total. The fourth-order valence-electron chi connectivity index (χ4n) is 1.40. The molecule has 0 aliphatic rings. The molecule has 92 valence electrons. The minimum atomic E-state index is 0.361. The van der Waals surface area contributed by atoms with Crippen molar-refractivity contribution in [1.82, 2.24) is 4.98 Å². The average Bonchev–Trinajstić information content (AvgIpc) is 2.32. The molecule has 0 amide bonds. The predicted molar refractivity (Wildman–Crippen MR) is 69.7 cm³/mol. The molecule has 0 saturated heterocycles. The zero-order chi connectivity index (χ0) is 12.5. The maximum Gasteiger partial charge on any atom is 0.138 e. The number of nitrogens with zero attached hydrogens (tertiary/aromatic N) is 1. The molecule has 3 heteroatoms. The Labute approximate surface area is 103 Å². The number of ether oxygens (including phenoxy) is 1. The first-order valence-electron chi connectivity index (χ1n) is 5.99. The third-order valence-corrected chi connectivity index (χ3v) is 2.24. The lowest BCUT2D eigenvalue weighted by Gasteiger charge is -2.07. The predicted octanol–water partition coefficient (Wildman–Crippen LogP) is 2.21. The second kappa shape index (κ2) is 7.70. The highest BCUT2D eigenvalue weighted by molar-refractivity contribution is 5.36. The normalized spacial score (nSPS) is 9.88. The van der Waals surface area contributed by atoms with Crippen molar-refractivity contribution < 1.29 is 4.74 Å². The van der Waals surface area contributed by atoms with E-state index in [4.69, 9.17) is 10.5 Å². The molecule has 0 saturated carbocycles. The van der Waals surface area contributed by atoms with Gasteiger partial charge >= 0.3 is 0 Å². The molecule has 0 spiro atoms. The monoisotopic (exact) mass is 232 g/mol. The van der Waals surface area contributed by atoms with Gasteiger partial charge in [-0.15, -0.1) is 0 Å². The molecule has 1 aromatic rings. The second-order valence-electron chi connectivity index (χ2n) is 4.30. The van der Waals surface area contributed by atoms with Gasteiger partial charge in [0.2, 0.25) is 0 Å². The van der Waals surface area contributed by atoms with Gasteiger partial charge in [0.1, 0.15) is 5.75 Å². The van der Waals surface area contributed by atoms with Gasteiger partial charge in [-0.3, -0.25) is 4.98 Å². The Kier molecular flexibility index (Phi) is 6.13. The molecule has 1 heterocycles. The molecular formula is C14H20N2O. The van der Waals surface area contributed by atoms with Gasteiger partial charge in [0, 0.05) is 11.8 Å². The summed E-state index contributed by atoms with van der Waals surface area (Å²) in [7, 11) is 0. The summed E-state index contributed by atoms with van der Waals surface area (Å²) in [4.78, 5) is 4.08. The van der Waals surface area contributed by atoms with Gasteiger partial charge in [0.05, 0.1) is 19.3 Å². The van der Waals surface area contributed by atoms with Crippen LogP contribution >= 0.6 is 0 Å². The standard InChI is InChI=1S/C14H20N2O/c1-12(2)5-4-8-17-14-9-13(6-3-7-15)10-16-11-14/h9-12H,4-5,7-8,15H2,1-2H3. The molecule has 0 aliphatic carbocycles. The van der Waals surface area contributed by atoms with E-state index in [-0.39, 0.29) is 0 Å². The molecule has 0 fully saturated rings. The minimum absolute atomic E-state index is 0.361. The summed E-state index contributed by atoms with van der Waals surface area (Å²) in [6, 6.07) is 1.89. The molecule has 0 bridgehead atoms. The molecule has 2 N–H and O–H groups in total. The molecule has 17 heavy (non-hydrogen) atoms. The van der Waals surface area contributed by atoms with Crippen molar-refractivity contribution in [3.8, 4) is 17.6 Å². The van der Waals surface area contributed by atoms with E-state index in [0.717, 1.165) is 30.3 Å². The van der Waals surface area contributed by atoms with Gasteiger partial charge in [-0.1, -0.05) is 25.7 Å². The number of nitrogens with two attached hydrogens (primary N) is 1. The summed E-state index contributed by atoms with van der Waals surface area (Å²) in [6.45, 7) is 5.52. The van der Waals surface area contributed by atoms with Crippen molar-refractivity contribution in [2.45, 2.75) is 26.7 Å². The summed E-state index contributed by atoms with van der Waals surface area (Å²) in [5.74, 6) is 7.23. The van der Waals surface area contributed by atoms with Gasteiger partial charge < -0.3 is 10.5 Å². The highest BCUT2D eigenvalue weighted by atomic mass is 16.5. The van der Waals surface area contributed by atoms with Crippen molar-refractivity contribution in [2.24, 2.45) is 11.7 Å². The van der Waals surface area contributed by atoms with E-state index >= 15 is 0 Å². The number of hydrogen-bond acceptors (Lipinski definition) is 3. The molecule has 0 radical (unpaired) electrons. The number of aromatic nitrogens is 1. The summed E-state index contributed by atoms with van der Waals surface area (Å²) in [5.41, 5.74) is 6.16. The van der Waals surface area contributed by atoms with Crippen LogP contribution < -0.4 is 10.5 Å². The van der Waals surface area contributed by atoms with Crippen LogP contribution in [0.1, 0.15) is 32.3 Å². The molecule has 0 aliphatic heterocycles. The van der Waals surface area contributed by atoms with Crippen LogP contribution in [0.2, 0.25) is 0 Å². The van der Waals surface area contributed by atoms with Crippen molar-refractivity contribution in [3.05, 3.63) is 24.0 Å². The number of pyridine rings is 1. The zero-order valence-electron chi connectivity index (χ0n) is 10.6. The van der Waals surface area contributed by atoms with Crippen LogP contribution in [0.15, 0.2) is 18.5 Å². The lowest BCUT2D eigenvalue weighted by molar-refractivity contribution is 0.296. The number of rotatable bonds is 5. The minimum Gasteiger partial charge on any atom is -0.492 e. The van der Waals surface area contributed by atoms with Gasteiger partial charge in [-0.05, 0) is 24.8 Å². The Balaban J connectivity index is 2.43.